The Labute approximate surface area is 312 Å². The first-order valence-corrected chi connectivity index (χ1v) is 18.3. The fourth-order valence-corrected chi connectivity index (χ4v) is 8.10. The van der Waals surface area contributed by atoms with Crippen LogP contribution in [-0.2, 0) is 0 Å². The summed E-state index contributed by atoms with van der Waals surface area (Å²) in [6.45, 7) is 0. The van der Waals surface area contributed by atoms with Crippen LogP contribution in [0.3, 0.4) is 0 Å². The fraction of sp³-hybridized carbons (Fsp3) is 0. The number of fused-ring (bicyclic) bond motifs is 10. The zero-order valence-corrected chi connectivity index (χ0v) is 29.2. The highest BCUT2D eigenvalue weighted by molar-refractivity contribution is 6.13. The molecule has 0 atom stereocenters. The molecule has 55 heavy (non-hydrogen) atoms. The second-order valence-electron chi connectivity index (χ2n) is 13.9. The lowest BCUT2D eigenvalue weighted by atomic mass is 9.98. The van der Waals surface area contributed by atoms with Gasteiger partial charge in [-0.25, -0.2) is 15.0 Å². The Hall–Kier alpha value is -7.57. The number of benzene rings is 8. The topological polar surface area (TPSA) is 78.1 Å². The van der Waals surface area contributed by atoms with E-state index in [9.17, 15) is 0 Å². The molecule has 0 amide bonds. The van der Waals surface area contributed by atoms with Gasteiger partial charge in [-0.15, -0.1) is 0 Å². The molecule has 0 fully saturated rings. The summed E-state index contributed by atoms with van der Waals surface area (Å²) in [6, 6.07) is 55.8. The van der Waals surface area contributed by atoms with E-state index in [0.29, 0.717) is 17.5 Å². The summed E-state index contributed by atoms with van der Waals surface area (Å²) in [5.41, 5.74) is 9.77. The summed E-state index contributed by atoms with van der Waals surface area (Å²) in [7, 11) is 0. The molecule has 0 N–H and O–H groups in total. The van der Waals surface area contributed by atoms with Crippen LogP contribution in [0.4, 0.5) is 0 Å². The lowest BCUT2D eigenvalue weighted by Crippen LogP contribution is -2.00. The first-order valence-electron chi connectivity index (χ1n) is 18.3. The highest BCUT2D eigenvalue weighted by Gasteiger charge is 2.19. The Kier molecular flexibility index (Phi) is 6.24. The zero-order valence-electron chi connectivity index (χ0n) is 29.2. The molecule has 4 aromatic heterocycles. The molecule has 6 heteroatoms. The van der Waals surface area contributed by atoms with Crippen molar-refractivity contribution in [2.45, 2.75) is 0 Å². The van der Waals surface area contributed by atoms with Gasteiger partial charge < -0.3 is 13.3 Å². The maximum Gasteiger partial charge on any atom is 0.167 e. The van der Waals surface area contributed by atoms with Crippen LogP contribution < -0.4 is 0 Å². The molecule has 0 radical (unpaired) electrons. The molecular formula is C49H27N3O3. The predicted molar refractivity (Wildman–Crippen MR) is 221 cm³/mol. The molecule has 0 unspecified atom stereocenters. The Balaban J connectivity index is 1.03. The van der Waals surface area contributed by atoms with Crippen LogP contribution in [0.2, 0.25) is 0 Å². The number of para-hydroxylation sites is 4. The minimum absolute atomic E-state index is 0.538. The monoisotopic (exact) mass is 705 g/mol. The maximum atomic E-state index is 6.46. The second kappa shape index (κ2) is 11.5. The zero-order chi connectivity index (χ0) is 36.0. The minimum Gasteiger partial charge on any atom is -0.456 e. The summed E-state index contributed by atoms with van der Waals surface area (Å²) in [4.78, 5) is 15.4. The number of nitrogens with zero attached hydrogens (tertiary/aromatic N) is 3. The van der Waals surface area contributed by atoms with E-state index in [1.807, 2.05) is 78.9 Å². The number of rotatable bonds is 4. The Morgan fingerprint density at radius 1 is 0.309 bits per heavy atom. The van der Waals surface area contributed by atoms with Crippen LogP contribution in [0.1, 0.15) is 0 Å². The average Bonchev–Trinajstić information content (AvgIpc) is 3.93. The number of furan rings is 3. The van der Waals surface area contributed by atoms with Crippen LogP contribution in [0.25, 0.3) is 122 Å². The largest absolute Gasteiger partial charge is 0.456 e. The molecule has 0 bridgehead atoms. The smallest absolute Gasteiger partial charge is 0.167 e. The summed E-state index contributed by atoms with van der Waals surface area (Å²) < 4.78 is 18.9. The van der Waals surface area contributed by atoms with Crippen LogP contribution >= 0.6 is 0 Å². The van der Waals surface area contributed by atoms with Gasteiger partial charge in [-0.05, 0) is 70.4 Å². The first-order chi connectivity index (χ1) is 27.2. The van der Waals surface area contributed by atoms with Gasteiger partial charge in [0.05, 0.1) is 5.56 Å². The molecule has 0 saturated carbocycles. The van der Waals surface area contributed by atoms with Crippen molar-refractivity contribution in [3.8, 4) is 45.3 Å². The minimum atomic E-state index is 0.538. The van der Waals surface area contributed by atoms with Gasteiger partial charge in [-0.2, -0.15) is 0 Å². The molecule has 0 aliphatic heterocycles. The lowest BCUT2D eigenvalue weighted by molar-refractivity contribution is 0.668. The van der Waals surface area contributed by atoms with E-state index in [4.69, 9.17) is 28.2 Å². The van der Waals surface area contributed by atoms with Crippen molar-refractivity contribution in [3.63, 3.8) is 0 Å². The lowest BCUT2D eigenvalue weighted by Gasteiger charge is -2.10. The molecule has 4 heterocycles. The van der Waals surface area contributed by atoms with Crippen molar-refractivity contribution in [1.82, 2.24) is 15.0 Å². The highest BCUT2D eigenvalue weighted by atomic mass is 16.3. The van der Waals surface area contributed by atoms with Gasteiger partial charge in [0.2, 0.25) is 0 Å². The average molecular weight is 706 g/mol. The van der Waals surface area contributed by atoms with Crippen LogP contribution in [-0.4, -0.2) is 15.0 Å². The third kappa shape index (κ3) is 4.65. The summed E-state index contributed by atoms with van der Waals surface area (Å²) >= 11 is 0. The van der Waals surface area contributed by atoms with Gasteiger partial charge in [0.1, 0.15) is 33.5 Å². The van der Waals surface area contributed by atoms with Crippen LogP contribution in [0.15, 0.2) is 177 Å². The van der Waals surface area contributed by atoms with E-state index in [1.54, 1.807) is 0 Å². The number of hydrogen-bond acceptors (Lipinski definition) is 6. The number of aromatic nitrogens is 3. The molecule has 0 saturated heterocycles. The van der Waals surface area contributed by atoms with E-state index >= 15 is 0 Å². The van der Waals surface area contributed by atoms with Gasteiger partial charge in [0, 0.05) is 43.4 Å². The SMILES string of the molecule is c1ccc2c(c1)oc1cc3cc(-c4nc(-c5ccc(-c6cccc7oc8ccccc8c67)cc5)nc(-c5cccc6c5oc5ccccc56)n4)ccc3cc12. The standard InChI is InChI=1S/C49H27N3O3/c1-5-16-41-34(9-1)36-13-7-14-38(46(36)55-41)49-51-47(29-21-19-28(20-22-29)33-12-8-18-43-45(33)37-11-3-6-17-42(37)53-43)50-48(52-49)31-24-23-30-26-39-35-10-2-4-15-40(35)54-44(39)27-32(30)25-31/h1-27H. The van der Waals surface area contributed by atoms with E-state index < -0.39 is 0 Å². The van der Waals surface area contributed by atoms with Crippen molar-refractivity contribution in [2.24, 2.45) is 0 Å². The van der Waals surface area contributed by atoms with E-state index in [0.717, 1.165) is 104 Å². The van der Waals surface area contributed by atoms with Crippen molar-refractivity contribution >= 4 is 76.6 Å². The van der Waals surface area contributed by atoms with Gasteiger partial charge in [-0.1, -0.05) is 115 Å². The molecule has 0 aliphatic carbocycles. The number of hydrogen-bond donors (Lipinski definition) is 0. The summed E-state index contributed by atoms with van der Waals surface area (Å²) in [6.07, 6.45) is 0. The van der Waals surface area contributed by atoms with Gasteiger partial charge in [-0.3, -0.25) is 0 Å². The molecule has 256 valence electrons. The molecule has 0 aliphatic rings. The molecule has 6 nitrogen and oxygen atoms in total. The maximum absolute atomic E-state index is 6.46. The second-order valence-corrected chi connectivity index (χ2v) is 13.9. The highest BCUT2D eigenvalue weighted by Crippen LogP contribution is 2.39. The van der Waals surface area contributed by atoms with E-state index in [1.165, 1.54) is 0 Å². The van der Waals surface area contributed by atoms with E-state index in [2.05, 4.69) is 84.9 Å². The summed E-state index contributed by atoms with van der Waals surface area (Å²) in [5.74, 6) is 1.68. The third-order valence-electron chi connectivity index (χ3n) is 10.7. The first kappa shape index (κ1) is 29.9. The molecule has 0 spiro atoms. The Bertz CT molecular complexity index is 3500. The Morgan fingerprint density at radius 2 is 0.873 bits per heavy atom. The van der Waals surface area contributed by atoms with Crippen molar-refractivity contribution < 1.29 is 13.3 Å². The fourth-order valence-electron chi connectivity index (χ4n) is 8.10. The molecular weight excluding hydrogens is 679 g/mol. The van der Waals surface area contributed by atoms with Crippen LogP contribution in [0, 0.1) is 0 Å². The van der Waals surface area contributed by atoms with Crippen molar-refractivity contribution in [2.75, 3.05) is 0 Å². The normalized spacial score (nSPS) is 12.0. The molecule has 12 rings (SSSR count). The Morgan fingerprint density at radius 3 is 1.69 bits per heavy atom. The predicted octanol–water partition coefficient (Wildman–Crippen LogP) is 13.4. The summed E-state index contributed by atoms with van der Waals surface area (Å²) in [5, 5.41) is 8.62. The van der Waals surface area contributed by atoms with Crippen molar-refractivity contribution in [3.05, 3.63) is 164 Å². The molecule has 8 aromatic carbocycles. The van der Waals surface area contributed by atoms with E-state index in [-0.39, 0.29) is 0 Å². The van der Waals surface area contributed by atoms with Gasteiger partial charge >= 0.3 is 0 Å². The van der Waals surface area contributed by atoms with Crippen molar-refractivity contribution in [1.29, 1.82) is 0 Å². The quantitative estimate of drug-likeness (QED) is 0.181. The van der Waals surface area contributed by atoms with Crippen LogP contribution in [0.5, 0.6) is 0 Å². The van der Waals surface area contributed by atoms with Gasteiger partial charge in [0.15, 0.2) is 17.5 Å². The van der Waals surface area contributed by atoms with Gasteiger partial charge in [0.25, 0.3) is 0 Å². The third-order valence-corrected chi connectivity index (χ3v) is 10.7. The molecule has 12 aromatic rings.